The van der Waals surface area contributed by atoms with Crippen LogP contribution in [-0.2, 0) is 9.59 Å². The van der Waals surface area contributed by atoms with E-state index in [-0.39, 0.29) is 18.2 Å². The fourth-order valence-corrected chi connectivity index (χ4v) is 4.53. The smallest absolute Gasteiger partial charge is 0.231 e. The van der Waals surface area contributed by atoms with Crippen molar-refractivity contribution in [2.24, 2.45) is 11.8 Å². The first-order valence-corrected chi connectivity index (χ1v) is 11.6. The lowest BCUT2D eigenvalue weighted by Gasteiger charge is -2.19. The van der Waals surface area contributed by atoms with Crippen LogP contribution >= 0.6 is 0 Å². The normalized spacial score (nSPS) is 20.2. The summed E-state index contributed by atoms with van der Waals surface area (Å²) in [6, 6.07) is -0.538. The minimum Gasteiger partial charge on any atom is -0.349 e. The maximum atomic E-state index is 15.7. The number of hydrogen-bond donors (Lipinski definition) is 3. The van der Waals surface area contributed by atoms with Crippen molar-refractivity contribution in [3.8, 4) is 11.3 Å². The largest absolute Gasteiger partial charge is 0.349 e. The highest BCUT2D eigenvalue weighted by Crippen LogP contribution is 2.38. The molecular formula is C24H23F2N7O2. The summed E-state index contributed by atoms with van der Waals surface area (Å²) in [4.78, 5) is 33.1. The van der Waals surface area contributed by atoms with Gasteiger partial charge in [-0.3, -0.25) is 19.7 Å². The zero-order valence-electron chi connectivity index (χ0n) is 19.1. The molecule has 35 heavy (non-hydrogen) atoms. The zero-order valence-corrected chi connectivity index (χ0v) is 19.1. The van der Waals surface area contributed by atoms with Gasteiger partial charge in [-0.25, -0.2) is 13.8 Å². The van der Waals surface area contributed by atoms with Gasteiger partial charge in [0.25, 0.3) is 0 Å². The number of nitrogens with one attached hydrogen (secondary N) is 3. The van der Waals surface area contributed by atoms with Crippen LogP contribution in [0.4, 0.5) is 14.6 Å². The Morgan fingerprint density at radius 2 is 2.00 bits per heavy atom. The molecule has 2 fully saturated rings. The quantitative estimate of drug-likeness (QED) is 0.391. The first-order valence-electron chi connectivity index (χ1n) is 11.6. The van der Waals surface area contributed by atoms with Crippen LogP contribution in [-0.4, -0.2) is 42.6 Å². The van der Waals surface area contributed by atoms with E-state index in [9.17, 15) is 14.0 Å². The van der Waals surface area contributed by atoms with E-state index < -0.39 is 29.9 Å². The molecule has 9 nitrogen and oxygen atoms in total. The molecule has 3 N–H and O–H groups in total. The van der Waals surface area contributed by atoms with Crippen LogP contribution in [0.25, 0.3) is 27.8 Å². The highest BCUT2D eigenvalue weighted by molar-refractivity contribution is 5.98. The van der Waals surface area contributed by atoms with Crippen molar-refractivity contribution in [3.05, 3.63) is 41.7 Å². The summed E-state index contributed by atoms with van der Waals surface area (Å²) in [6.45, 7) is 3.43. The minimum absolute atomic E-state index is 0.0154. The van der Waals surface area contributed by atoms with Gasteiger partial charge in [0.2, 0.25) is 11.8 Å². The zero-order chi connectivity index (χ0) is 24.4. The number of halogens is 2. The Morgan fingerprint density at radius 3 is 2.71 bits per heavy atom. The van der Waals surface area contributed by atoms with E-state index in [1.165, 1.54) is 6.20 Å². The topological polar surface area (TPSA) is 117 Å². The third-order valence-electron chi connectivity index (χ3n) is 6.76. The lowest BCUT2D eigenvalue weighted by atomic mass is 9.94. The first-order chi connectivity index (χ1) is 16.8. The second-order valence-corrected chi connectivity index (χ2v) is 9.40. The van der Waals surface area contributed by atoms with Gasteiger partial charge < -0.3 is 15.0 Å². The summed E-state index contributed by atoms with van der Waals surface area (Å²) >= 11 is 0. The number of rotatable bonds is 6. The number of hydrogen-bond acceptors (Lipinski definition) is 5. The molecule has 4 aromatic rings. The van der Waals surface area contributed by atoms with Gasteiger partial charge in [0.15, 0.2) is 11.5 Å². The third kappa shape index (κ3) is 3.71. The van der Waals surface area contributed by atoms with E-state index in [1.807, 2.05) is 0 Å². The van der Waals surface area contributed by atoms with Gasteiger partial charge in [-0.05, 0) is 38.7 Å². The Labute approximate surface area is 198 Å². The summed E-state index contributed by atoms with van der Waals surface area (Å²) in [5.74, 6) is -1.22. The first kappa shape index (κ1) is 21.6. The maximum Gasteiger partial charge on any atom is 0.231 e. The monoisotopic (exact) mass is 479 g/mol. The number of nitrogens with zero attached hydrogens (tertiary/aromatic N) is 4. The maximum absolute atomic E-state index is 15.7. The standard InChI is InChI=1S/C24H23F2N7O2/c1-10-19(14-6-28-32-22(14)20(21(10)26)11(2)29-23(34)12-3-4-12)16-8-33-9-17(30-18(33)7-27-16)31-24(35)13-5-15(13)25/h6-9,11-13,15H,3-5H2,1-2H3,(H,28,32)(H,29,34)(H,31,35)/t11?,13-,15+/m1/s1. The molecule has 2 aliphatic rings. The van der Waals surface area contributed by atoms with Crippen molar-refractivity contribution in [1.82, 2.24) is 29.9 Å². The Morgan fingerprint density at radius 1 is 1.23 bits per heavy atom. The molecule has 3 aromatic heterocycles. The Bertz CT molecular complexity index is 1510. The molecule has 3 heterocycles. The molecule has 2 aliphatic carbocycles. The molecule has 3 atom stereocenters. The number of alkyl halides is 1. The molecule has 0 radical (unpaired) electrons. The predicted molar refractivity (Wildman–Crippen MR) is 124 cm³/mol. The van der Waals surface area contributed by atoms with Gasteiger partial charge in [-0.2, -0.15) is 5.10 Å². The second-order valence-electron chi connectivity index (χ2n) is 9.40. The van der Waals surface area contributed by atoms with E-state index >= 15 is 4.39 Å². The van der Waals surface area contributed by atoms with Gasteiger partial charge in [-0.15, -0.1) is 0 Å². The van der Waals surface area contributed by atoms with E-state index in [0.29, 0.717) is 44.8 Å². The Balaban J connectivity index is 1.37. The van der Waals surface area contributed by atoms with E-state index in [2.05, 4.69) is 30.8 Å². The summed E-state index contributed by atoms with van der Waals surface area (Å²) in [6.07, 6.45) is 7.31. The number of aromatic nitrogens is 5. The lowest BCUT2D eigenvalue weighted by Crippen LogP contribution is -2.28. The fraction of sp³-hybridized carbons (Fsp3) is 0.375. The molecule has 0 aliphatic heterocycles. The molecule has 6 rings (SSSR count). The Hall–Kier alpha value is -3.89. The van der Waals surface area contributed by atoms with Crippen LogP contribution in [0.15, 0.2) is 24.8 Å². The molecule has 0 saturated heterocycles. The summed E-state index contributed by atoms with van der Waals surface area (Å²) in [5, 5.41) is 13.2. The van der Waals surface area contributed by atoms with E-state index in [4.69, 9.17) is 0 Å². The molecule has 1 aromatic carbocycles. The lowest BCUT2D eigenvalue weighted by molar-refractivity contribution is -0.123. The van der Waals surface area contributed by atoms with Crippen LogP contribution in [0.1, 0.15) is 43.4 Å². The van der Waals surface area contributed by atoms with Crippen molar-refractivity contribution in [2.45, 2.75) is 45.3 Å². The number of fused-ring (bicyclic) bond motifs is 2. The molecule has 2 amide bonds. The van der Waals surface area contributed by atoms with Crippen molar-refractivity contribution in [3.63, 3.8) is 0 Å². The van der Waals surface area contributed by atoms with Crippen molar-refractivity contribution in [2.75, 3.05) is 5.32 Å². The van der Waals surface area contributed by atoms with Gasteiger partial charge in [0, 0.05) is 28.6 Å². The molecule has 11 heteroatoms. The highest BCUT2D eigenvalue weighted by Gasteiger charge is 2.43. The van der Waals surface area contributed by atoms with Gasteiger partial charge in [-0.1, -0.05) is 0 Å². The second kappa shape index (κ2) is 7.82. The van der Waals surface area contributed by atoms with Crippen molar-refractivity contribution < 1.29 is 18.4 Å². The summed E-state index contributed by atoms with van der Waals surface area (Å²) < 4.78 is 30.6. The average molecular weight is 479 g/mol. The van der Waals surface area contributed by atoms with Crippen LogP contribution in [0.2, 0.25) is 0 Å². The fourth-order valence-electron chi connectivity index (χ4n) is 4.53. The van der Waals surface area contributed by atoms with E-state index in [0.717, 1.165) is 12.8 Å². The van der Waals surface area contributed by atoms with Crippen LogP contribution < -0.4 is 10.6 Å². The van der Waals surface area contributed by atoms with Crippen LogP contribution in [0, 0.1) is 24.6 Å². The highest BCUT2D eigenvalue weighted by atomic mass is 19.1. The number of H-pyrrole nitrogens is 1. The number of carbonyl (C=O) groups excluding carboxylic acids is 2. The number of anilines is 1. The van der Waals surface area contributed by atoms with Gasteiger partial charge in [0.05, 0.1) is 41.8 Å². The number of aromatic amines is 1. The van der Waals surface area contributed by atoms with Crippen molar-refractivity contribution in [1.29, 1.82) is 0 Å². The van der Waals surface area contributed by atoms with Crippen LogP contribution in [0.5, 0.6) is 0 Å². The van der Waals surface area contributed by atoms with E-state index in [1.54, 1.807) is 36.8 Å². The van der Waals surface area contributed by atoms with Crippen LogP contribution in [0.3, 0.4) is 0 Å². The van der Waals surface area contributed by atoms with Gasteiger partial charge in [0.1, 0.15) is 12.0 Å². The SMILES string of the molecule is Cc1c(F)c(C(C)NC(=O)C2CC2)c2[nH]ncc2c1-c1cn2cc(NC(=O)[C@@H]3C[C@@H]3F)nc2cn1. The number of imidazole rings is 1. The molecule has 0 bridgehead atoms. The Kier molecular flexibility index (Phi) is 4.83. The number of benzene rings is 1. The molecule has 1 unspecified atom stereocenters. The van der Waals surface area contributed by atoms with Gasteiger partial charge >= 0.3 is 0 Å². The minimum atomic E-state index is -1.09. The molecule has 180 valence electrons. The summed E-state index contributed by atoms with van der Waals surface area (Å²) in [5.41, 5.74) is 2.76. The molecule has 0 spiro atoms. The number of carbonyl (C=O) groups is 2. The molecular weight excluding hydrogens is 456 g/mol. The summed E-state index contributed by atoms with van der Waals surface area (Å²) in [7, 11) is 0. The van der Waals surface area contributed by atoms with Crippen molar-refractivity contribution >= 4 is 34.2 Å². The average Bonchev–Trinajstić information content (AvgIpc) is 3.71. The number of amides is 2. The third-order valence-corrected chi connectivity index (χ3v) is 6.76. The molecule has 2 saturated carbocycles. The predicted octanol–water partition coefficient (Wildman–Crippen LogP) is 3.60.